The minimum absolute atomic E-state index is 0.272. The van der Waals surface area contributed by atoms with Crippen LogP contribution >= 0.6 is 0 Å². The molecule has 4 heteroatoms. The Morgan fingerprint density at radius 3 is 3.29 bits per heavy atom. The number of carbonyl (C=O) groups is 1. The minimum Gasteiger partial charge on any atom is -0.446 e. The van der Waals surface area contributed by atoms with Gasteiger partial charge in [-0.1, -0.05) is 6.92 Å². The van der Waals surface area contributed by atoms with Crippen LogP contribution in [-0.4, -0.2) is 29.3 Å². The largest absolute Gasteiger partial charge is 0.446 e. The van der Waals surface area contributed by atoms with E-state index >= 15 is 0 Å². The van der Waals surface area contributed by atoms with Crippen LogP contribution in [0, 0.1) is 0 Å². The van der Waals surface area contributed by atoms with Crippen molar-refractivity contribution in [2.75, 3.05) is 13.1 Å². The molecule has 0 saturated carbocycles. The van der Waals surface area contributed by atoms with Gasteiger partial charge in [0.15, 0.2) is 6.29 Å². The first-order chi connectivity index (χ1) is 6.85. The van der Waals surface area contributed by atoms with Gasteiger partial charge in [-0.25, -0.2) is 4.98 Å². The van der Waals surface area contributed by atoms with Gasteiger partial charge >= 0.3 is 0 Å². The first-order valence-corrected chi connectivity index (χ1v) is 4.99. The molecular formula is C10H14N2O2. The van der Waals surface area contributed by atoms with Gasteiger partial charge in [-0.2, -0.15) is 0 Å². The number of oxazole rings is 1. The van der Waals surface area contributed by atoms with Crippen molar-refractivity contribution >= 4 is 6.29 Å². The molecule has 1 aliphatic rings. The maximum absolute atomic E-state index is 10.4. The number of rotatable bonds is 3. The lowest BCUT2D eigenvalue weighted by molar-refractivity contribution is 0.111. The van der Waals surface area contributed by atoms with E-state index in [-0.39, 0.29) is 6.04 Å². The summed E-state index contributed by atoms with van der Waals surface area (Å²) in [6, 6.07) is 0.272. The summed E-state index contributed by atoms with van der Waals surface area (Å²) in [5.41, 5.74) is 0.392. The molecule has 14 heavy (non-hydrogen) atoms. The zero-order valence-corrected chi connectivity index (χ0v) is 8.27. The third kappa shape index (κ3) is 1.57. The molecule has 1 fully saturated rings. The maximum atomic E-state index is 10.4. The zero-order chi connectivity index (χ0) is 9.97. The third-order valence-electron chi connectivity index (χ3n) is 2.72. The van der Waals surface area contributed by atoms with Crippen LogP contribution in [0.2, 0.25) is 0 Å². The van der Waals surface area contributed by atoms with Crippen molar-refractivity contribution in [3.63, 3.8) is 0 Å². The summed E-state index contributed by atoms with van der Waals surface area (Å²) in [4.78, 5) is 16.9. The van der Waals surface area contributed by atoms with Crippen LogP contribution < -0.4 is 0 Å². The van der Waals surface area contributed by atoms with Gasteiger partial charge in [-0.15, -0.1) is 0 Å². The Morgan fingerprint density at radius 1 is 1.79 bits per heavy atom. The van der Waals surface area contributed by atoms with E-state index in [1.807, 2.05) is 0 Å². The maximum Gasteiger partial charge on any atom is 0.212 e. The normalized spacial score (nSPS) is 22.8. The molecule has 0 bridgehead atoms. The summed E-state index contributed by atoms with van der Waals surface area (Å²) >= 11 is 0. The predicted octanol–water partition coefficient (Wildman–Crippen LogP) is 1.64. The lowest BCUT2D eigenvalue weighted by Crippen LogP contribution is -2.22. The minimum atomic E-state index is 0.272. The van der Waals surface area contributed by atoms with Crippen molar-refractivity contribution in [3.8, 4) is 0 Å². The first kappa shape index (κ1) is 9.40. The fraction of sp³-hybridized carbons (Fsp3) is 0.600. The summed E-state index contributed by atoms with van der Waals surface area (Å²) in [5.74, 6) is 0.687. The van der Waals surface area contributed by atoms with Gasteiger partial charge in [-0.05, 0) is 25.9 Å². The zero-order valence-electron chi connectivity index (χ0n) is 8.27. The number of likely N-dealkylation sites (tertiary alicyclic amines) is 1. The monoisotopic (exact) mass is 194 g/mol. The summed E-state index contributed by atoms with van der Waals surface area (Å²) in [6.07, 6.45) is 4.40. The van der Waals surface area contributed by atoms with Crippen LogP contribution in [0.5, 0.6) is 0 Å². The summed E-state index contributed by atoms with van der Waals surface area (Å²) in [7, 11) is 0. The Balaban J connectivity index is 2.17. The molecule has 76 valence electrons. The molecule has 1 aliphatic heterocycles. The Morgan fingerprint density at radius 2 is 2.64 bits per heavy atom. The highest BCUT2D eigenvalue weighted by atomic mass is 16.3. The lowest BCUT2D eigenvalue weighted by atomic mass is 10.2. The van der Waals surface area contributed by atoms with E-state index in [1.54, 1.807) is 0 Å². The molecule has 0 N–H and O–H groups in total. The van der Waals surface area contributed by atoms with Gasteiger partial charge in [0.25, 0.3) is 0 Å². The quantitative estimate of drug-likeness (QED) is 0.686. The van der Waals surface area contributed by atoms with Crippen molar-refractivity contribution in [2.24, 2.45) is 0 Å². The molecule has 0 aromatic carbocycles. The Kier molecular flexibility index (Phi) is 2.63. The van der Waals surface area contributed by atoms with Gasteiger partial charge in [0.2, 0.25) is 5.89 Å². The highest BCUT2D eigenvalue weighted by Gasteiger charge is 2.28. The fourth-order valence-electron chi connectivity index (χ4n) is 1.99. The van der Waals surface area contributed by atoms with E-state index in [9.17, 15) is 4.79 Å². The second-order valence-electron chi connectivity index (χ2n) is 3.52. The van der Waals surface area contributed by atoms with Gasteiger partial charge in [-0.3, -0.25) is 9.69 Å². The third-order valence-corrected chi connectivity index (χ3v) is 2.72. The van der Waals surface area contributed by atoms with Gasteiger partial charge in [0, 0.05) is 0 Å². The standard InChI is InChI=1S/C10H14N2O2/c1-2-12-5-3-4-9(12)10-11-8(6-13)7-14-10/h6-7,9H,2-5H2,1H3. The Bertz CT molecular complexity index is 322. The molecule has 1 atom stereocenters. The van der Waals surface area contributed by atoms with Crippen molar-refractivity contribution in [1.82, 2.24) is 9.88 Å². The second kappa shape index (κ2) is 3.92. The lowest BCUT2D eigenvalue weighted by Gasteiger charge is -2.19. The van der Waals surface area contributed by atoms with Crippen LogP contribution in [0.3, 0.4) is 0 Å². The first-order valence-electron chi connectivity index (χ1n) is 4.99. The molecule has 0 spiro atoms. The van der Waals surface area contributed by atoms with Gasteiger partial charge < -0.3 is 4.42 Å². The molecule has 1 saturated heterocycles. The Labute approximate surface area is 82.9 Å². The van der Waals surface area contributed by atoms with Crippen LogP contribution in [0.1, 0.15) is 42.2 Å². The van der Waals surface area contributed by atoms with Gasteiger partial charge in [0.05, 0.1) is 6.04 Å². The molecule has 0 radical (unpaired) electrons. The van der Waals surface area contributed by atoms with E-state index < -0.39 is 0 Å². The van der Waals surface area contributed by atoms with Crippen LogP contribution in [-0.2, 0) is 0 Å². The molecule has 2 heterocycles. The van der Waals surface area contributed by atoms with Crippen LogP contribution in [0.15, 0.2) is 10.7 Å². The number of aldehydes is 1. The van der Waals surface area contributed by atoms with E-state index in [0.29, 0.717) is 11.6 Å². The Hall–Kier alpha value is -1.16. The van der Waals surface area contributed by atoms with Crippen molar-refractivity contribution < 1.29 is 9.21 Å². The van der Waals surface area contributed by atoms with E-state index in [2.05, 4.69) is 16.8 Å². The van der Waals surface area contributed by atoms with E-state index in [0.717, 1.165) is 25.8 Å². The molecule has 1 aromatic rings. The molecular weight excluding hydrogens is 180 g/mol. The van der Waals surface area contributed by atoms with Gasteiger partial charge in [0.1, 0.15) is 12.0 Å². The predicted molar refractivity (Wildman–Crippen MR) is 51.1 cm³/mol. The molecule has 0 aliphatic carbocycles. The average Bonchev–Trinajstić information content (AvgIpc) is 2.85. The molecule has 0 amide bonds. The number of carbonyl (C=O) groups excluding carboxylic acids is 1. The average molecular weight is 194 g/mol. The van der Waals surface area contributed by atoms with Crippen molar-refractivity contribution in [2.45, 2.75) is 25.8 Å². The van der Waals surface area contributed by atoms with Crippen molar-refractivity contribution in [1.29, 1.82) is 0 Å². The number of aromatic nitrogens is 1. The highest BCUT2D eigenvalue weighted by molar-refractivity contribution is 5.70. The molecule has 1 unspecified atom stereocenters. The number of nitrogens with zero attached hydrogens (tertiary/aromatic N) is 2. The van der Waals surface area contributed by atoms with Crippen LogP contribution in [0.25, 0.3) is 0 Å². The summed E-state index contributed by atoms with van der Waals surface area (Å²) in [6.45, 7) is 4.23. The van der Waals surface area contributed by atoms with Crippen molar-refractivity contribution in [3.05, 3.63) is 17.8 Å². The number of hydrogen-bond acceptors (Lipinski definition) is 4. The summed E-state index contributed by atoms with van der Waals surface area (Å²) in [5, 5.41) is 0. The van der Waals surface area contributed by atoms with Crippen LogP contribution in [0.4, 0.5) is 0 Å². The smallest absolute Gasteiger partial charge is 0.212 e. The molecule has 1 aromatic heterocycles. The molecule has 4 nitrogen and oxygen atoms in total. The van der Waals surface area contributed by atoms with E-state index in [4.69, 9.17) is 4.42 Å². The van der Waals surface area contributed by atoms with E-state index in [1.165, 1.54) is 12.7 Å². The highest BCUT2D eigenvalue weighted by Crippen LogP contribution is 2.30. The fourth-order valence-corrected chi connectivity index (χ4v) is 1.99. The second-order valence-corrected chi connectivity index (χ2v) is 3.52. The topological polar surface area (TPSA) is 46.3 Å². The number of hydrogen-bond donors (Lipinski definition) is 0. The molecule has 2 rings (SSSR count). The summed E-state index contributed by atoms with van der Waals surface area (Å²) < 4.78 is 5.29. The SMILES string of the molecule is CCN1CCCC1c1nc(C=O)co1.